The summed E-state index contributed by atoms with van der Waals surface area (Å²) in [5.41, 5.74) is -0.162. The Balaban J connectivity index is 1.76. The molecule has 146 valence electrons. The fraction of sp³-hybridized carbons (Fsp3) is 0.500. The van der Waals surface area contributed by atoms with Gasteiger partial charge >= 0.3 is 0 Å². The van der Waals surface area contributed by atoms with Gasteiger partial charge in [0, 0.05) is 13.5 Å². The first-order valence-electron chi connectivity index (χ1n) is 8.73. The molecule has 5 rings (SSSR count). The summed E-state index contributed by atoms with van der Waals surface area (Å²) >= 11 is 5.34. The Morgan fingerprint density at radius 1 is 1.29 bits per heavy atom. The second-order valence-corrected chi connectivity index (χ2v) is 12.6. The van der Waals surface area contributed by atoms with Crippen LogP contribution in [0.15, 0.2) is 18.2 Å². The highest BCUT2D eigenvalue weighted by Crippen LogP contribution is 2.65. The van der Waals surface area contributed by atoms with E-state index in [4.69, 9.17) is 20.7 Å². The second kappa shape index (κ2) is 5.34. The number of fused-ring (bicyclic) bond motifs is 2. The average molecular weight is 436 g/mol. The van der Waals surface area contributed by atoms with E-state index < -0.39 is 30.7 Å². The predicted octanol–water partition coefficient (Wildman–Crippen LogP) is 1.19. The molecule has 4 aliphatic rings. The monoisotopic (exact) mass is 435 g/mol. The van der Waals surface area contributed by atoms with Crippen LogP contribution in [0.3, 0.4) is 0 Å². The van der Waals surface area contributed by atoms with Gasteiger partial charge in [0.2, 0.25) is 6.79 Å². The molecule has 28 heavy (non-hydrogen) atoms. The van der Waals surface area contributed by atoms with Crippen LogP contribution in [-0.4, -0.2) is 45.2 Å². The highest BCUT2D eigenvalue weighted by Gasteiger charge is 2.80. The number of nitriles is 1. The zero-order chi connectivity index (χ0) is 20.1. The van der Waals surface area contributed by atoms with Gasteiger partial charge in [0.25, 0.3) is 11.8 Å². The first-order chi connectivity index (χ1) is 13.3. The molecule has 1 spiro atoms. The molecule has 1 aromatic rings. The second-order valence-electron chi connectivity index (χ2n) is 7.86. The summed E-state index contributed by atoms with van der Waals surface area (Å²) in [5, 5.41) is 10.1. The van der Waals surface area contributed by atoms with Gasteiger partial charge in [-0.25, -0.2) is 0 Å². The van der Waals surface area contributed by atoms with E-state index in [0.717, 1.165) is 14.4 Å². The van der Waals surface area contributed by atoms with Crippen LogP contribution in [0, 0.1) is 16.7 Å². The zero-order valence-electron chi connectivity index (χ0n) is 15.4. The quantitative estimate of drug-likeness (QED) is 0.659. The molecule has 1 aromatic carbocycles. The van der Waals surface area contributed by atoms with E-state index >= 15 is 0 Å². The van der Waals surface area contributed by atoms with Crippen molar-refractivity contribution < 1.29 is 19.1 Å². The minimum atomic E-state index is -1.07. The molecule has 0 aliphatic carbocycles. The Bertz CT molecular complexity index is 1080. The average Bonchev–Trinajstić information content (AvgIpc) is 3.34. The van der Waals surface area contributed by atoms with Gasteiger partial charge in [-0.2, -0.15) is 5.26 Å². The number of nitrogens with zero attached hydrogens (tertiary/aromatic N) is 3. The molecule has 0 unspecified atom stereocenters. The lowest BCUT2D eigenvalue weighted by Crippen LogP contribution is -2.60. The van der Waals surface area contributed by atoms with Gasteiger partial charge in [0.05, 0.1) is 17.5 Å². The van der Waals surface area contributed by atoms with E-state index in [-0.39, 0.29) is 25.0 Å². The van der Waals surface area contributed by atoms with Crippen LogP contribution in [0.1, 0.15) is 31.9 Å². The van der Waals surface area contributed by atoms with Crippen molar-refractivity contribution in [2.75, 3.05) is 13.8 Å². The number of ether oxygens (including phenoxy) is 2. The van der Waals surface area contributed by atoms with Crippen LogP contribution in [-0.2, 0) is 39.1 Å². The molecule has 2 bridgehead atoms. The zero-order valence-corrected chi connectivity index (χ0v) is 17.9. The smallest absolute Gasteiger partial charge is 0.261 e. The predicted molar refractivity (Wildman–Crippen MR) is 106 cm³/mol. The number of likely N-dealkylation sites (N-methyl/N-ethyl adjacent to an activating group) is 1. The maximum absolute atomic E-state index is 13.6. The third-order valence-electron chi connectivity index (χ3n) is 6.46. The van der Waals surface area contributed by atoms with Gasteiger partial charge in [-0.15, -0.1) is 0 Å². The Morgan fingerprint density at radius 3 is 2.68 bits per heavy atom. The summed E-state index contributed by atoms with van der Waals surface area (Å²) in [6.45, 7) is 3.76. The molecular weight excluding hydrogens is 418 g/mol. The number of carbonyl (C=O) groups excluding carboxylic acids is 2. The van der Waals surface area contributed by atoms with Gasteiger partial charge in [-0.1, -0.05) is 6.07 Å². The highest BCUT2D eigenvalue weighted by atomic mass is 33.1. The molecule has 4 aliphatic heterocycles. The minimum absolute atomic E-state index is 0.125. The number of hydrogen-bond donors (Lipinski definition) is 0. The van der Waals surface area contributed by atoms with Gasteiger partial charge in [0.15, 0.2) is 21.2 Å². The largest absolute Gasteiger partial charge is 0.454 e. The lowest BCUT2D eigenvalue weighted by atomic mass is 9.79. The van der Waals surface area contributed by atoms with Gasteiger partial charge in [-0.05, 0) is 61.1 Å². The SMILES string of the molecule is CN1C(=O)[C@]23C[C@@](C)(C#N)[C@H](c4ccc5c(c4)OCO5)N2C(=O)[C@]1(C)[S@@]3=S=S. The Morgan fingerprint density at radius 2 is 2.00 bits per heavy atom. The molecule has 5 atom stereocenters. The van der Waals surface area contributed by atoms with Crippen molar-refractivity contribution in [2.45, 2.75) is 36.1 Å². The molecule has 3 fully saturated rings. The van der Waals surface area contributed by atoms with Crippen LogP contribution in [0.5, 0.6) is 11.5 Å². The molecule has 10 heteroatoms. The van der Waals surface area contributed by atoms with Crippen molar-refractivity contribution in [2.24, 2.45) is 5.41 Å². The van der Waals surface area contributed by atoms with Crippen molar-refractivity contribution in [3.05, 3.63) is 23.8 Å². The van der Waals surface area contributed by atoms with Crippen LogP contribution in [0.2, 0.25) is 0 Å². The molecule has 3 saturated heterocycles. The van der Waals surface area contributed by atoms with Crippen molar-refractivity contribution in [1.82, 2.24) is 9.80 Å². The lowest BCUT2D eigenvalue weighted by Gasteiger charge is -2.39. The fourth-order valence-electron chi connectivity index (χ4n) is 5.05. The molecule has 0 radical (unpaired) electrons. The van der Waals surface area contributed by atoms with Crippen molar-refractivity contribution >= 4 is 41.3 Å². The standard InChI is InChI=1S/C18H17N3O4S3/c1-16(8-19)7-18-15(23)20(3)17(2,28(18)27-26)14(22)21(18)13(16)10-4-5-11-12(6-10)25-9-24-11/h4-6,13H,7,9H2,1-3H3/t13-,16-,17-,18+,28-/m0/s1. The van der Waals surface area contributed by atoms with Crippen molar-refractivity contribution in [1.29, 1.82) is 5.26 Å². The first kappa shape index (κ1) is 18.1. The van der Waals surface area contributed by atoms with Crippen LogP contribution in [0.25, 0.3) is 0 Å². The molecule has 2 amide bonds. The topological polar surface area (TPSA) is 82.9 Å². The van der Waals surface area contributed by atoms with Gasteiger partial charge < -0.3 is 19.3 Å². The fourth-order valence-corrected chi connectivity index (χ4v) is 11.8. The number of rotatable bonds is 1. The Labute approximate surface area is 172 Å². The number of amides is 2. The number of hydrogen-bond acceptors (Lipinski definition) is 6. The molecule has 4 heterocycles. The molecule has 7 nitrogen and oxygen atoms in total. The molecule has 0 aromatic heterocycles. The third kappa shape index (κ3) is 1.72. The number of piperazine rings is 1. The van der Waals surface area contributed by atoms with E-state index in [0.29, 0.717) is 11.5 Å². The van der Waals surface area contributed by atoms with Crippen LogP contribution in [0.4, 0.5) is 0 Å². The lowest BCUT2D eigenvalue weighted by molar-refractivity contribution is -0.159. The van der Waals surface area contributed by atoms with Crippen LogP contribution >= 0.6 is 0 Å². The number of benzene rings is 1. The first-order valence-corrected chi connectivity index (χ1v) is 12.2. The van der Waals surface area contributed by atoms with Gasteiger partial charge in [0.1, 0.15) is 0 Å². The summed E-state index contributed by atoms with van der Waals surface area (Å²) in [6.07, 6.45) is 0.271. The van der Waals surface area contributed by atoms with E-state index in [2.05, 4.69) is 6.07 Å². The molecular formula is C18H17N3O4S3. The maximum Gasteiger partial charge on any atom is 0.261 e. The van der Waals surface area contributed by atoms with E-state index in [1.165, 1.54) is 4.90 Å². The summed E-state index contributed by atoms with van der Waals surface area (Å²) < 4.78 is 10.9. The third-order valence-corrected chi connectivity index (χ3v) is 12.3. The highest BCUT2D eigenvalue weighted by molar-refractivity contribution is 8.49. The Kier molecular flexibility index (Phi) is 3.45. The summed E-state index contributed by atoms with van der Waals surface area (Å²) in [7, 11) is 2.05. The van der Waals surface area contributed by atoms with Crippen LogP contribution < -0.4 is 9.47 Å². The Hall–Kier alpha value is -1.96. The van der Waals surface area contributed by atoms with Crippen molar-refractivity contribution in [3.63, 3.8) is 0 Å². The minimum Gasteiger partial charge on any atom is -0.454 e. The van der Waals surface area contributed by atoms with E-state index in [1.807, 2.05) is 19.1 Å². The summed E-state index contributed by atoms with van der Waals surface area (Å²) in [6, 6.07) is 7.29. The van der Waals surface area contributed by atoms with Gasteiger partial charge in [-0.3, -0.25) is 9.59 Å². The normalized spacial score (nSPS) is 40.1. The summed E-state index contributed by atoms with van der Waals surface area (Å²) in [5.74, 6) is 0.951. The molecule has 0 N–H and O–H groups in total. The maximum atomic E-state index is 13.6. The van der Waals surface area contributed by atoms with E-state index in [9.17, 15) is 14.9 Å². The number of carbonyl (C=O) groups is 2. The summed E-state index contributed by atoms with van der Waals surface area (Å²) in [4.78, 5) is 28.2. The molecule has 0 saturated carbocycles. The van der Waals surface area contributed by atoms with E-state index in [1.54, 1.807) is 24.9 Å². The van der Waals surface area contributed by atoms with Crippen molar-refractivity contribution in [3.8, 4) is 17.6 Å².